The molecule has 0 unspecified atom stereocenters. The number of pyridine rings is 1. The topological polar surface area (TPSA) is 96.8 Å². The molecule has 0 bridgehead atoms. The number of nitrogens with zero attached hydrogens (tertiary/aromatic N) is 6. The number of rotatable bonds is 6. The van der Waals surface area contributed by atoms with Crippen molar-refractivity contribution in [1.82, 2.24) is 25.1 Å². The van der Waals surface area contributed by atoms with Crippen LogP contribution in [0.25, 0.3) is 11.4 Å². The fourth-order valence-corrected chi connectivity index (χ4v) is 4.15. The molecule has 1 fully saturated rings. The van der Waals surface area contributed by atoms with Gasteiger partial charge < -0.3 is 4.90 Å². The highest BCUT2D eigenvalue weighted by Crippen LogP contribution is 2.25. The Balaban J connectivity index is 1.63. The summed E-state index contributed by atoms with van der Waals surface area (Å²) in [6, 6.07) is 5.56. The van der Waals surface area contributed by atoms with Crippen molar-refractivity contribution in [3.8, 4) is 11.4 Å². The fourth-order valence-electron chi connectivity index (χ4n) is 3.21. The van der Waals surface area contributed by atoms with Crippen LogP contribution in [0.3, 0.4) is 0 Å². The maximum atomic E-state index is 13.0. The molecule has 0 spiro atoms. The van der Waals surface area contributed by atoms with Gasteiger partial charge in [-0.25, -0.2) is 9.97 Å². The maximum absolute atomic E-state index is 13.0. The molecule has 9 heteroatoms. The first kappa shape index (κ1) is 19.4. The Bertz CT molecular complexity index is 984. The number of hydrogen-bond acceptors (Lipinski definition) is 8. The molecule has 4 rings (SSSR count). The summed E-state index contributed by atoms with van der Waals surface area (Å²) in [5.41, 5.74) is 1.53. The predicted octanol–water partition coefficient (Wildman–Crippen LogP) is 3.44. The minimum absolute atomic E-state index is 0.314. The van der Waals surface area contributed by atoms with Crippen LogP contribution in [-0.2, 0) is 6.42 Å². The van der Waals surface area contributed by atoms with Crippen LogP contribution in [0.1, 0.15) is 42.1 Å². The highest BCUT2D eigenvalue weighted by atomic mass is 32.1. The van der Waals surface area contributed by atoms with Crippen molar-refractivity contribution in [2.75, 3.05) is 23.3 Å². The molecule has 1 aliphatic heterocycles. The summed E-state index contributed by atoms with van der Waals surface area (Å²) >= 11 is 1.39. The summed E-state index contributed by atoms with van der Waals surface area (Å²) in [7, 11) is 0. The molecule has 0 radical (unpaired) electrons. The largest absolute Gasteiger partial charge is 0.341 e. The summed E-state index contributed by atoms with van der Waals surface area (Å²) in [6.07, 6.45) is 6.36. The molecule has 0 saturated carbocycles. The summed E-state index contributed by atoms with van der Waals surface area (Å²) in [5, 5.41) is 12.5. The SMILES string of the molecule is CC(C)Cc1nnc(NC(=O)c2cnc(N3CCCC3)nc2-c2ccccn2)s1. The molecule has 150 valence electrons. The average Bonchev–Trinajstić information content (AvgIpc) is 3.40. The Kier molecular flexibility index (Phi) is 5.75. The van der Waals surface area contributed by atoms with E-state index < -0.39 is 0 Å². The molecule has 3 aromatic heterocycles. The van der Waals surface area contributed by atoms with E-state index in [0.717, 1.165) is 37.4 Å². The molecule has 0 aliphatic carbocycles. The molecular formula is C20H23N7OS. The first-order valence-corrected chi connectivity index (χ1v) is 10.6. The van der Waals surface area contributed by atoms with Gasteiger partial charge in [-0.2, -0.15) is 0 Å². The van der Waals surface area contributed by atoms with Gasteiger partial charge in [-0.15, -0.1) is 10.2 Å². The van der Waals surface area contributed by atoms with Crippen LogP contribution in [0.15, 0.2) is 30.6 Å². The van der Waals surface area contributed by atoms with Gasteiger partial charge in [0.2, 0.25) is 11.1 Å². The number of nitrogens with one attached hydrogen (secondary N) is 1. The zero-order valence-corrected chi connectivity index (χ0v) is 17.3. The Morgan fingerprint density at radius 3 is 2.76 bits per heavy atom. The van der Waals surface area contributed by atoms with Gasteiger partial charge in [0.1, 0.15) is 10.7 Å². The molecule has 1 aliphatic rings. The zero-order chi connectivity index (χ0) is 20.2. The first-order valence-electron chi connectivity index (χ1n) is 9.77. The molecule has 0 aromatic carbocycles. The van der Waals surface area contributed by atoms with Crippen molar-refractivity contribution in [3.63, 3.8) is 0 Å². The average molecular weight is 410 g/mol. The van der Waals surface area contributed by atoms with Crippen molar-refractivity contribution in [2.45, 2.75) is 33.1 Å². The van der Waals surface area contributed by atoms with Gasteiger partial charge in [-0.05, 0) is 30.9 Å². The van der Waals surface area contributed by atoms with E-state index in [0.29, 0.717) is 33.9 Å². The van der Waals surface area contributed by atoms with E-state index in [1.807, 2.05) is 18.2 Å². The summed E-state index contributed by atoms with van der Waals surface area (Å²) in [5.74, 6) is 0.800. The van der Waals surface area contributed by atoms with Crippen molar-refractivity contribution in [1.29, 1.82) is 0 Å². The third kappa shape index (κ3) is 4.56. The normalized spacial score (nSPS) is 13.8. The molecule has 1 saturated heterocycles. The van der Waals surface area contributed by atoms with Gasteiger partial charge in [-0.1, -0.05) is 31.3 Å². The van der Waals surface area contributed by atoms with Crippen LogP contribution in [0.4, 0.5) is 11.1 Å². The van der Waals surface area contributed by atoms with Crippen molar-refractivity contribution < 1.29 is 4.79 Å². The van der Waals surface area contributed by atoms with E-state index in [9.17, 15) is 4.79 Å². The number of carbonyl (C=O) groups excluding carboxylic acids is 1. The van der Waals surface area contributed by atoms with E-state index in [4.69, 9.17) is 4.98 Å². The molecule has 4 heterocycles. The molecule has 1 amide bonds. The second-order valence-corrected chi connectivity index (χ2v) is 8.46. The lowest BCUT2D eigenvalue weighted by Gasteiger charge is -2.17. The Morgan fingerprint density at radius 2 is 2.03 bits per heavy atom. The van der Waals surface area contributed by atoms with Gasteiger partial charge in [0, 0.05) is 31.9 Å². The number of hydrogen-bond donors (Lipinski definition) is 1. The summed E-state index contributed by atoms with van der Waals surface area (Å²) in [4.78, 5) is 28.6. The second kappa shape index (κ2) is 8.60. The summed E-state index contributed by atoms with van der Waals surface area (Å²) < 4.78 is 0. The number of aromatic nitrogens is 5. The van der Waals surface area contributed by atoms with Crippen molar-refractivity contribution in [2.24, 2.45) is 5.92 Å². The lowest BCUT2D eigenvalue weighted by Crippen LogP contribution is -2.22. The Labute approximate surface area is 173 Å². The van der Waals surface area contributed by atoms with Crippen molar-refractivity contribution in [3.05, 3.63) is 41.2 Å². The Morgan fingerprint density at radius 1 is 1.21 bits per heavy atom. The minimum Gasteiger partial charge on any atom is -0.341 e. The standard InChI is InChI=1S/C20H23N7OS/c1-13(2)11-16-25-26-20(29-16)24-18(28)14-12-22-19(27-9-5-6-10-27)23-17(14)15-7-3-4-8-21-15/h3-4,7-8,12-13H,5-6,9-11H2,1-2H3,(H,24,26,28). The highest BCUT2D eigenvalue weighted by molar-refractivity contribution is 7.15. The van der Waals surface area contributed by atoms with Gasteiger partial charge in [0.05, 0.1) is 11.3 Å². The number of carbonyl (C=O) groups is 1. The van der Waals surface area contributed by atoms with Crippen molar-refractivity contribution >= 4 is 28.3 Å². The van der Waals surface area contributed by atoms with E-state index in [1.54, 1.807) is 12.4 Å². The lowest BCUT2D eigenvalue weighted by molar-refractivity contribution is 0.102. The van der Waals surface area contributed by atoms with E-state index in [-0.39, 0.29) is 5.91 Å². The summed E-state index contributed by atoms with van der Waals surface area (Å²) in [6.45, 7) is 6.10. The molecule has 3 aromatic rings. The smallest absolute Gasteiger partial charge is 0.261 e. The predicted molar refractivity (Wildman–Crippen MR) is 113 cm³/mol. The van der Waals surface area contributed by atoms with Gasteiger partial charge >= 0.3 is 0 Å². The molecule has 1 N–H and O–H groups in total. The lowest BCUT2D eigenvalue weighted by atomic mass is 10.1. The zero-order valence-electron chi connectivity index (χ0n) is 16.5. The minimum atomic E-state index is -0.314. The van der Waals surface area contributed by atoms with Gasteiger partial charge in [-0.3, -0.25) is 15.1 Å². The van der Waals surface area contributed by atoms with Crippen LogP contribution >= 0.6 is 11.3 Å². The van der Waals surface area contributed by atoms with E-state index >= 15 is 0 Å². The third-order valence-electron chi connectivity index (χ3n) is 4.59. The number of amides is 1. The molecular weight excluding hydrogens is 386 g/mol. The third-order valence-corrected chi connectivity index (χ3v) is 5.45. The van der Waals surface area contributed by atoms with Crippen LogP contribution in [0.5, 0.6) is 0 Å². The van der Waals surface area contributed by atoms with E-state index in [2.05, 4.69) is 44.2 Å². The van der Waals surface area contributed by atoms with Crippen LogP contribution in [-0.4, -0.2) is 44.1 Å². The fraction of sp³-hybridized carbons (Fsp3) is 0.400. The Hall–Kier alpha value is -2.94. The van der Waals surface area contributed by atoms with Crippen LogP contribution in [0.2, 0.25) is 0 Å². The second-order valence-electron chi connectivity index (χ2n) is 7.39. The molecule has 29 heavy (non-hydrogen) atoms. The van der Waals surface area contributed by atoms with Crippen LogP contribution < -0.4 is 10.2 Å². The molecule has 8 nitrogen and oxygen atoms in total. The van der Waals surface area contributed by atoms with Crippen LogP contribution in [0, 0.1) is 5.92 Å². The maximum Gasteiger partial charge on any atom is 0.261 e. The highest BCUT2D eigenvalue weighted by Gasteiger charge is 2.22. The first-order chi connectivity index (χ1) is 14.1. The molecule has 0 atom stereocenters. The van der Waals surface area contributed by atoms with Gasteiger partial charge in [0.25, 0.3) is 5.91 Å². The number of anilines is 2. The van der Waals surface area contributed by atoms with Gasteiger partial charge in [0.15, 0.2) is 0 Å². The van der Waals surface area contributed by atoms with E-state index in [1.165, 1.54) is 11.3 Å². The quantitative estimate of drug-likeness (QED) is 0.666. The monoisotopic (exact) mass is 409 g/mol.